The smallest absolute Gasteiger partial charge is 0.0708 e. The molecule has 0 amide bonds. The summed E-state index contributed by atoms with van der Waals surface area (Å²) in [6, 6.07) is 60.2. The number of pyridine rings is 3. The molecule has 262 valence electrons. The van der Waals surface area contributed by atoms with Crippen LogP contribution in [0.1, 0.15) is 33.4 Å². The molecule has 0 fully saturated rings. The van der Waals surface area contributed by atoms with Crippen molar-refractivity contribution in [2.24, 2.45) is 0 Å². The fourth-order valence-corrected chi connectivity index (χ4v) is 7.17. The van der Waals surface area contributed by atoms with Crippen molar-refractivity contribution in [3.8, 4) is 44.9 Å². The van der Waals surface area contributed by atoms with Crippen LogP contribution >= 0.6 is 0 Å². The van der Waals surface area contributed by atoms with Gasteiger partial charge in [0.1, 0.15) is 0 Å². The molecule has 8 aromatic rings. The molecule has 3 aromatic heterocycles. The molecular weight excluding hydrogens is 655 g/mol. The molecule has 0 saturated carbocycles. The summed E-state index contributed by atoms with van der Waals surface area (Å²) in [4.78, 5) is 14.5. The van der Waals surface area contributed by atoms with Gasteiger partial charge in [0.25, 0.3) is 0 Å². The second-order valence-electron chi connectivity index (χ2n) is 14.0. The molecule has 3 heteroatoms. The maximum atomic E-state index is 4.95. The van der Waals surface area contributed by atoms with E-state index in [1.54, 1.807) is 0 Å². The van der Waals surface area contributed by atoms with Crippen molar-refractivity contribution in [1.82, 2.24) is 15.0 Å². The fourth-order valence-electron chi connectivity index (χ4n) is 7.17. The summed E-state index contributed by atoms with van der Waals surface area (Å²) in [5.74, 6) is 0. The van der Waals surface area contributed by atoms with Crippen molar-refractivity contribution in [1.29, 1.82) is 0 Å². The highest BCUT2D eigenvalue weighted by atomic mass is 14.7. The lowest BCUT2D eigenvalue weighted by atomic mass is 9.92. The number of hydrogen-bond donors (Lipinski definition) is 0. The van der Waals surface area contributed by atoms with Gasteiger partial charge in [-0.3, -0.25) is 15.0 Å². The van der Waals surface area contributed by atoms with Crippen LogP contribution in [0, 0.1) is 0 Å². The maximum absolute atomic E-state index is 4.95. The average Bonchev–Trinajstić information content (AvgIpc) is 3.26. The van der Waals surface area contributed by atoms with E-state index in [4.69, 9.17) is 15.0 Å². The maximum Gasteiger partial charge on any atom is 0.0708 e. The Labute approximate surface area is 319 Å². The third-order valence-corrected chi connectivity index (χ3v) is 10.1. The molecule has 0 atom stereocenters. The zero-order valence-corrected chi connectivity index (χ0v) is 30.5. The Morgan fingerprint density at radius 1 is 0.278 bits per heavy atom. The van der Waals surface area contributed by atoms with E-state index in [9.17, 15) is 0 Å². The van der Waals surface area contributed by atoms with E-state index in [1.165, 1.54) is 44.5 Å². The molecule has 0 unspecified atom stereocenters. The van der Waals surface area contributed by atoms with Crippen LogP contribution < -0.4 is 0 Å². The van der Waals surface area contributed by atoms with Crippen LogP contribution in [0.25, 0.3) is 44.9 Å². The SMILES string of the molecule is c1ccc(-c2ccc(CCc3cc(CCc4ccc(-c5ccccc5)nc4)cc(CCc4cnc(-c5ccccc5)cc4-c4ccccc4)c3)cn2)cc1. The number of nitrogens with zero attached hydrogens (tertiary/aromatic N) is 3. The molecule has 0 aliphatic heterocycles. The van der Waals surface area contributed by atoms with Crippen LogP contribution in [-0.4, -0.2) is 15.0 Å². The molecule has 0 radical (unpaired) electrons. The third-order valence-electron chi connectivity index (χ3n) is 10.1. The zero-order chi connectivity index (χ0) is 36.4. The summed E-state index contributed by atoms with van der Waals surface area (Å²) in [6.07, 6.45) is 11.8. The first kappa shape index (κ1) is 34.6. The largest absolute Gasteiger partial charge is 0.256 e. The van der Waals surface area contributed by atoms with Crippen molar-refractivity contribution >= 4 is 0 Å². The number of hydrogen-bond acceptors (Lipinski definition) is 3. The van der Waals surface area contributed by atoms with Crippen molar-refractivity contribution in [3.05, 3.63) is 222 Å². The van der Waals surface area contributed by atoms with E-state index in [0.29, 0.717) is 0 Å². The second-order valence-corrected chi connectivity index (χ2v) is 14.0. The topological polar surface area (TPSA) is 38.7 Å². The molecule has 8 rings (SSSR count). The van der Waals surface area contributed by atoms with E-state index < -0.39 is 0 Å². The number of aromatic nitrogens is 3. The van der Waals surface area contributed by atoms with Gasteiger partial charge in [0.15, 0.2) is 0 Å². The Balaban J connectivity index is 1.03. The van der Waals surface area contributed by atoms with Gasteiger partial charge in [-0.15, -0.1) is 0 Å². The van der Waals surface area contributed by atoms with Crippen LogP contribution in [-0.2, 0) is 38.5 Å². The van der Waals surface area contributed by atoms with Crippen molar-refractivity contribution < 1.29 is 0 Å². The number of rotatable bonds is 13. The van der Waals surface area contributed by atoms with Crippen LogP contribution in [0.3, 0.4) is 0 Å². The quantitative estimate of drug-likeness (QED) is 0.120. The predicted molar refractivity (Wildman–Crippen MR) is 223 cm³/mol. The average molecular weight is 698 g/mol. The number of benzene rings is 5. The van der Waals surface area contributed by atoms with Crippen LogP contribution in [0.4, 0.5) is 0 Å². The molecule has 0 aliphatic rings. The molecule has 0 N–H and O–H groups in total. The van der Waals surface area contributed by atoms with E-state index >= 15 is 0 Å². The van der Waals surface area contributed by atoms with Gasteiger partial charge in [-0.05, 0) is 101 Å². The first-order valence-electron chi connectivity index (χ1n) is 19.0. The highest BCUT2D eigenvalue weighted by molar-refractivity contribution is 5.73. The van der Waals surface area contributed by atoms with Crippen LogP contribution in [0.15, 0.2) is 188 Å². The van der Waals surface area contributed by atoms with Crippen molar-refractivity contribution in [2.75, 3.05) is 0 Å². The Hall–Kier alpha value is -6.45. The predicted octanol–water partition coefficient (Wildman–Crippen LogP) is 11.9. The Bertz CT molecular complexity index is 2280. The van der Waals surface area contributed by atoms with Crippen molar-refractivity contribution in [2.45, 2.75) is 38.5 Å². The molecule has 0 spiro atoms. The summed E-state index contributed by atoms with van der Waals surface area (Å²) >= 11 is 0. The van der Waals surface area contributed by atoms with Gasteiger partial charge < -0.3 is 0 Å². The van der Waals surface area contributed by atoms with Crippen LogP contribution in [0.5, 0.6) is 0 Å². The highest BCUT2D eigenvalue weighted by Gasteiger charge is 2.12. The molecule has 3 heterocycles. The molecule has 0 aliphatic carbocycles. The summed E-state index contributed by atoms with van der Waals surface area (Å²) in [5, 5.41) is 0. The Kier molecular flexibility index (Phi) is 10.9. The van der Waals surface area contributed by atoms with Gasteiger partial charge in [-0.1, -0.05) is 152 Å². The lowest BCUT2D eigenvalue weighted by Crippen LogP contribution is -2.01. The Morgan fingerprint density at radius 3 is 1.07 bits per heavy atom. The summed E-state index contributed by atoms with van der Waals surface area (Å²) in [6.45, 7) is 0. The first-order chi connectivity index (χ1) is 26.7. The van der Waals surface area contributed by atoms with E-state index in [0.717, 1.165) is 72.3 Å². The second kappa shape index (κ2) is 16.9. The summed E-state index contributed by atoms with van der Waals surface area (Å²) < 4.78 is 0. The van der Waals surface area contributed by atoms with Crippen molar-refractivity contribution in [3.63, 3.8) is 0 Å². The fraction of sp³-hybridized carbons (Fsp3) is 0.118. The molecule has 0 saturated heterocycles. The van der Waals surface area contributed by atoms with Gasteiger partial charge in [0.05, 0.1) is 17.1 Å². The minimum absolute atomic E-state index is 0.908. The molecule has 54 heavy (non-hydrogen) atoms. The minimum Gasteiger partial charge on any atom is -0.256 e. The lowest BCUT2D eigenvalue weighted by molar-refractivity contribution is 0.897. The highest BCUT2D eigenvalue weighted by Crippen LogP contribution is 2.29. The summed E-state index contributed by atoms with van der Waals surface area (Å²) in [7, 11) is 0. The first-order valence-corrected chi connectivity index (χ1v) is 19.0. The van der Waals surface area contributed by atoms with E-state index in [1.807, 2.05) is 24.5 Å². The van der Waals surface area contributed by atoms with E-state index in [-0.39, 0.29) is 0 Å². The lowest BCUT2D eigenvalue weighted by Gasteiger charge is -2.14. The molecule has 0 bridgehead atoms. The molecule has 3 nitrogen and oxygen atoms in total. The van der Waals surface area contributed by atoms with Gasteiger partial charge in [-0.2, -0.15) is 0 Å². The normalized spacial score (nSPS) is 11.0. The van der Waals surface area contributed by atoms with Gasteiger partial charge in [0, 0.05) is 35.3 Å². The van der Waals surface area contributed by atoms with Gasteiger partial charge >= 0.3 is 0 Å². The molecular formula is C51H43N3. The van der Waals surface area contributed by atoms with Gasteiger partial charge in [-0.25, -0.2) is 0 Å². The Morgan fingerprint density at radius 2 is 0.648 bits per heavy atom. The third kappa shape index (κ3) is 8.77. The zero-order valence-electron chi connectivity index (χ0n) is 30.5. The van der Waals surface area contributed by atoms with Crippen LogP contribution in [0.2, 0.25) is 0 Å². The monoisotopic (exact) mass is 697 g/mol. The minimum atomic E-state index is 0.908. The standard InChI is InChI=1S/C51H43N3/c1-5-13-43(14-6-1)48-34-51(46-19-11-4-12-20-46)54-37-47(48)28-25-42-32-40(23-21-38-26-29-49(52-35-38)44-15-7-2-8-16-44)31-41(33-42)24-22-39-27-30-50(53-36-39)45-17-9-3-10-18-45/h1-20,26-27,29-37H,21-25,28H2. The number of aryl methyl sites for hydroxylation is 6. The molecule has 5 aromatic carbocycles. The van der Waals surface area contributed by atoms with Gasteiger partial charge in [0.2, 0.25) is 0 Å². The summed E-state index contributed by atoms with van der Waals surface area (Å²) in [5.41, 5.74) is 16.8. The van der Waals surface area contributed by atoms with E-state index in [2.05, 4.69) is 164 Å².